The molecule has 3 rings (SSSR count). The summed E-state index contributed by atoms with van der Waals surface area (Å²) in [6.07, 6.45) is 3.05. The lowest BCUT2D eigenvalue weighted by atomic mass is 10.1. The van der Waals surface area contributed by atoms with Crippen LogP contribution in [0.3, 0.4) is 0 Å². The Morgan fingerprint density at radius 3 is 2.79 bits per heavy atom. The second kappa shape index (κ2) is 6.57. The molecular weight excluding hydrogens is 310 g/mol. The Kier molecular flexibility index (Phi) is 4.33. The molecule has 0 unspecified atom stereocenters. The van der Waals surface area contributed by atoms with Gasteiger partial charge in [-0.3, -0.25) is 4.79 Å². The monoisotopic (exact) mass is 327 g/mol. The number of furan rings is 1. The highest BCUT2D eigenvalue weighted by atomic mass is 16.5. The molecule has 0 radical (unpaired) electrons. The Morgan fingerprint density at radius 1 is 1.29 bits per heavy atom. The van der Waals surface area contributed by atoms with Crippen LogP contribution in [0.4, 0.5) is 5.69 Å². The smallest absolute Gasteiger partial charge is 0.261 e. The van der Waals surface area contributed by atoms with Crippen LogP contribution < -0.4 is 9.64 Å². The molecule has 2 aromatic heterocycles. The first-order valence-corrected chi connectivity index (χ1v) is 7.35. The number of ketones is 1. The zero-order valence-electron chi connectivity index (χ0n) is 13.6. The summed E-state index contributed by atoms with van der Waals surface area (Å²) in [6, 6.07) is 7.16. The average molecular weight is 327 g/mol. The van der Waals surface area contributed by atoms with Crippen molar-refractivity contribution < 1.29 is 18.5 Å². The number of benzene rings is 1. The quantitative estimate of drug-likeness (QED) is 0.643. The number of anilines is 1. The third kappa shape index (κ3) is 3.29. The number of hydrogen-bond acceptors (Lipinski definition) is 7. The molecule has 1 aromatic carbocycles. The summed E-state index contributed by atoms with van der Waals surface area (Å²) in [4.78, 5) is 17.9. The van der Waals surface area contributed by atoms with E-state index in [2.05, 4.69) is 10.1 Å². The maximum absolute atomic E-state index is 11.8. The zero-order chi connectivity index (χ0) is 17.1. The van der Waals surface area contributed by atoms with Crippen molar-refractivity contribution in [3.05, 3.63) is 48.2 Å². The minimum Gasteiger partial charge on any atom is -0.485 e. The normalized spacial score (nSPS) is 10.6. The first-order chi connectivity index (χ1) is 11.5. The summed E-state index contributed by atoms with van der Waals surface area (Å²) in [7, 11) is 3.84. The lowest BCUT2D eigenvalue weighted by Gasteiger charge is -2.15. The molecule has 0 fully saturated rings. The third-order valence-electron chi connectivity index (χ3n) is 3.45. The molecule has 0 saturated heterocycles. The molecular formula is C17H17N3O4. The molecule has 124 valence electrons. The number of aromatic nitrogens is 2. The van der Waals surface area contributed by atoms with Crippen molar-refractivity contribution >= 4 is 11.5 Å². The van der Waals surface area contributed by atoms with Crippen LogP contribution in [0.5, 0.6) is 5.75 Å². The average Bonchev–Trinajstić information content (AvgIpc) is 3.23. The van der Waals surface area contributed by atoms with E-state index < -0.39 is 0 Å². The number of ether oxygens (including phenoxy) is 1. The van der Waals surface area contributed by atoms with E-state index in [1.165, 1.54) is 19.5 Å². The molecule has 0 atom stereocenters. The van der Waals surface area contributed by atoms with Gasteiger partial charge >= 0.3 is 0 Å². The van der Waals surface area contributed by atoms with Gasteiger partial charge in [0.25, 0.3) is 5.89 Å². The van der Waals surface area contributed by atoms with Gasteiger partial charge in [-0.05, 0) is 25.1 Å². The SMILES string of the molecule is CC(=O)c1ccc(N(C)C)cc1OCc1noc(-c2ccoc2)n1. The Labute approximate surface area is 138 Å². The summed E-state index contributed by atoms with van der Waals surface area (Å²) in [5, 5.41) is 3.87. The minimum atomic E-state index is -0.0671. The van der Waals surface area contributed by atoms with Crippen LogP contribution in [-0.4, -0.2) is 30.0 Å². The summed E-state index contributed by atoms with van der Waals surface area (Å²) >= 11 is 0. The van der Waals surface area contributed by atoms with Crippen molar-refractivity contribution in [2.45, 2.75) is 13.5 Å². The minimum absolute atomic E-state index is 0.0671. The van der Waals surface area contributed by atoms with Crippen molar-refractivity contribution in [3.63, 3.8) is 0 Å². The van der Waals surface area contributed by atoms with Crippen molar-refractivity contribution in [2.24, 2.45) is 0 Å². The number of nitrogens with zero attached hydrogens (tertiary/aromatic N) is 3. The second-order valence-electron chi connectivity index (χ2n) is 5.45. The Morgan fingerprint density at radius 2 is 2.12 bits per heavy atom. The summed E-state index contributed by atoms with van der Waals surface area (Å²) in [5.41, 5.74) is 2.15. The number of carbonyl (C=O) groups is 1. The number of rotatable bonds is 6. The van der Waals surface area contributed by atoms with Gasteiger partial charge in [-0.15, -0.1) is 0 Å². The first-order valence-electron chi connectivity index (χ1n) is 7.35. The van der Waals surface area contributed by atoms with E-state index in [1.807, 2.05) is 31.1 Å². The van der Waals surface area contributed by atoms with Gasteiger partial charge in [0.1, 0.15) is 12.0 Å². The van der Waals surface area contributed by atoms with Gasteiger partial charge in [-0.25, -0.2) is 0 Å². The van der Waals surface area contributed by atoms with E-state index in [1.54, 1.807) is 12.1 Å². The molecule has 0 saturated carbocycles. The maximum atomic E-state index is 11.8. The molecule has 3 aromatic rings. The van der Waals surface area contributed by atoms with Crippen LogP contribution in [0.25, 0.3) is 11.5 Å². The van der Waals surface area contributed by atoms with Gasteiger partial charge in [0.15, 0.2) is 12.4 Å². The highest BCUT2D eigenvalue weighted by molar-refractivity contribution is 5.97. The molecule has 0 aliphatic heterocycles. The Bertz CT molecular complexity index is 837. The third-order valence-corrected chi connectivity index (χ3v) is 3.45. The Balaban J connectivity index is 1.78. The molecule has 0 N–H and O–H groups in total. The van der Waals surface area contributed by atoms with E-state index in [-0.39, 0.29) is 12.4 Å². The van der Waals surface area contributed by atoms with Crippen LogP contribution in [0.2, 0.25) is 0 Å². The fraction of sp³-hybridized carbons (Fsp3) is 0.235. The fourth-order valence-corrected chi connectivity index (χ4v) is 2.16. The Hall–Kier alpha value is -3.09. The predicted molar refractivity (Wildman–Crippen MR) is 87.1 cm³/mol. The van der Waals surface area contributed by atoms with Gasteiger partial charge < -0.3 is 18.6 Å². The molecule has 0 spiro atoms. The van der Waals surface area contributed by atoms with Crippen LogP contribution >= 0.6 is 0 Å². The molecule has 0 aliphatic carbocycles. The van der Waals surface area contributed by atoms with Crippen LogP contribution in [-0.2, 0) is 6.61 Å². The number of carbonyl (C=O) groups excluding carboxylic acids is 1. The van der Waals surface area contributed by atoms with Gasteiger partial charge in [-0.1, -0.05) is 5.16 Å². The molecule has 7 heteroatoms. The number of hydrogen-bond donors (Lipinski definition) is 0. The first kappa shape index (κ1) is 15.8. The molecule has 24 heavy (non-hydrogen) atoms. The highest BCUT2D eigenvalue weighted by Gasteiger charge is 2.14. The largest absolute Gasteiger partial charge is 0.485 e. The van der Waals surface area contributed by atoms with Gasteiger partial charge in [0.2, 0.25) is 5.82 Å². The summed E-state index contributed by atoms with van der Waals surface area (Å²) < 4.78 is 15.9. The second-order valence-corrected chi connectivity index (χ2v) is 5.45. The topological polar surface area (TPSA) is 81.6 Å². The van der Waals surface area contributed by atoms with E-state index >= 15 is 0 Å². The van der Waals surface area contributed by atoms with Crippen molar-refractivity contribution in [2.75, 3.05) is 19.0 Å². The molecule has 2 heterocycles. The standard InChI is InChI=1S/C17H17N3O4/c1-11(21)14-5-4-13(20(2)3)8-15(14)23-10-16-18-17(24-19-16)12-6-7-22-9-12/h4-9H,10H2,1-3H3. The molecule has 0 bridgehead atoms. The van der Waals surface area contributed by atoms with Crippen LogP contribution in [0.1, 0.15) is 23.1 Å². The van der Waals surface area contributed by atoms with Crippen molar-refractivity contribution in [3.8, 4) is 17.2 Å². The van der Waals surface area contributed by atoms with E-state index in [4.69, 9.17) is 13.7 Å². The van der Waals surface area contributed by atoms with Gasteiger partial charge in [-0.2, -0.15) is 4.98 Å². The van der Waals surface area contributed by atoms with Crippen molar-refractivity contribution in [1.29, 1.82) is 0 Å². The lowest BCUT2D eigenvalue weighted by Crippen LogP contribution is -2.10. The molecule has 0 amide bonds. The zero-order valence-corrected chi connectivity index (χ0v) is 13.6. The lowest BCUT2D eigenvalue weighted by molar-refractivity contribution is 0.101. The summed E-state index contributed by atoms with van der Waals surface area (Å²) in [6.45, 7) is 1.60. The molecule has 0 aliphatic rings. The van der Waals surface area contributed by atoms with Crippen LogP contribution in [0, 0.1) is 0 Å². The van der Waals surface area contributed by atoms with Gasteiger partial charge in [0.05, 0.1) is 17.4 Å². The maximum Gasteiger partial charge on any atom is 0.261 e. The predicted octanol–water partition coefficient (Wildman–Crippen LogP) is 3.18. The van der Waals surface area contributed by atoms with E-state index in [0.717, 1.165) is 5.69 Å². The van der Waals surface area contributed by atoms with Gasteiger partial charge in [0, 0.05) is 25.8 Å². The van der Waals surface area contributed by atoms with E-state index in [0.29, 0.717) is 28.6 Å². The summed E-state index contributed by atoms with van der Waals surface area (Å²) in [5.74, 6) is 1.16. The molecule has 7 nitrogen and oxygen atoms in total. The number of Topliss-reactive ketones (excluding diaryl/α,β-unsaturated/α-hetero) is 1. The van der Waals surface area contributed by atoms with Crippen LogP contribution in [0.15, 0.2) is 45.7 Å². The highest BCUT2D eigenvalue weighted by Crippen LogP contribution is 2.26. The van der Waals surface area contributed by atoms with E-state index in [9.17, 15) is 4.79 Å². The fourth-order valence-electron chi connectivity index (χ4n) is 2.16. The van der Waals surface area contributed by atoms with Crippen molar-refractivity contribution in [1.82, 2.24) is 10.1 Å².